The Morgan fingerprint density at radius 1 is 1.14 bits per heavy atom. The van der Waals surface area contributed by atoms with Crippen LogP contribution >= 0.6 is 0 Å². The van der Waals surface area contributed by atoms with E-state index in [0.717, 1.165) is 19.5 Å². The summed E-state index contributed by atoms with van der Waals surface area (Å²) < 4.78 is 40.3. The number of guanidine groups is 1. The van der Waals surface area contributed by atoms with E-state index in [1.165, 1.54) is 44.8 Å². The first kappa shape index (κ1) is 23.4. The zero-order valence-electron chi connectivity index (χ0n) is 17.5. The van der Waals surface area contributed by atoms with Crippen molar-refractivity contribution in [3.63, 3.8) is 0 Å². The Morgan fingerprint density at radius 3 is 2.48 bits per heavy atom. The van der Waals surface area contributed by atoms with Crippen LogP contribution in [0.4, 0.5) is 10.1 Å². The van der Waals surface area contributed by atoms with Gasteiger partial charge in [-0.15, -0.1) is 0 Å². The van der Waals surface area contributed by atoms with E-state index in [9.17, 15) is 12.8 Å². The molecule has 0 unspecified atom stereocenters. The lowest BCUT2D eigenvalue weighted by molar-refractivity contribution is 0.282. The summed E-state index contributed by atoms with van der Waals surface area (Å²) >= 11 is 0. The minimum absolute atomic E-state index is 0.142. The van der Waals surface area contributed by atoms with Gasteiger partial charge >= 0.3 is 0 Å². The molecule has 3 N–H and O–H groups in total. The predicted molar refractivity (Wildman–Crippen MR) is 117 cm³/mol. The fraction of sp³-hybridized carbons (Fsp3) is 0.650. The molecule has 0 aliphatic carbocycles. The quantitative estimate of drug-likeness (QED) is 0.320. The van der Waals surface area contributed by atoms with E-state index in [0.29, 0.717) is 11.5 Å². The molecule has 7 nitrogen and oxygen atoms in total. The summed E-state index contributed by atoms with van der Waals surface area (Å²) in [5.41, 5.74) is 0.699. The number of likely N-dealkylation sites (tertiary alicyclic amines) is 1. The maximum Gasteiger partial charge on any atom is 0.234 e. The Kier molecular flexibility index (Phi) is 9.66. The van der Waals surface area contributed by atoms with Gasteiger partial charge in [-0.1, -0.05) is 18.9 Å². The molecule has 0 bridgehead atoms. The number of anilines is 1. The lowest BCUT2D eigenvalue weighted by Crippen LogP contribution is -2.41. The lowest BCUT2D eigenvalue weighted by atomic mass is 10.2. The van der Waals surface area contributed by atoms with Crippen molar-refractivity contribution >= 4 is 21.7 Å². The van der Waals surface area contributed by atoms with E-state index in [4.69, 9.17) is 0 Å². The number of hydrogen-bond acceptors (Lipinski definition) is 4. The summed E-state index contributed by atoms with van der Waals surface area (Å²) in [5, 5.41) is 6.23. The number of aryl methyl sites for hydroxylation is 1. The minimum atomic E-state index is -3.58. The van der Waals surface area contributed by atoms with Crippen molar-refractivity contribution < 1.29 is 12.8 Å². The van der Waals surface area contributed by atoms with Crippen molar-refractivity contribution in [3.8, 4) is 0 Å². The molecule has 1 saturated heterocycles. The minimum Gasteiger partial charge on any atom is -0.356 e. The zero-order chi connectivity index (χ0) is 21.1. The summed E-state index contributed by atoms with van der Waals surface area (Å²) in [6.07, 6.45) is 6.26. The Bertz CT molecular complexity index is 762. The van der Waals surface area contributed by atoms with Crippen molar-refractivity contribution in [2.45, 2.75) is 39.0 Å². The number of nitrogens with zero attached hydrogens (tertiary/aromatic N) is 2. The second kappa shape index (κ2) is 12.0. The highest BCUT2D eigenvalue weighted by Gasteiger charge is 2.12. The van der Waals surface area contributed by atoms with Gasteiger partial charge in [0.2, 0.25) is 10.0 Å². The molecule has 1 heterocycles. The van der Waals surface area contributed by atoms with Crippen LogP contribution in [0.5, 0.6) is 0 Å². The smallest absolute Gasteiger partial charge is 0.234 e. The molecule has 0 saturated carbocycles. The third kappa shape index (κ3) is 8.99. The van der Waals surface area contributed by atoms with Crippen LogP contribution in [0, 0.1) is 12.7 Å². The van der Waals surface area contributed by atoms with Gasteiger partial charge in [0.05, 0.1) is 11.4 Å². The summed E-state index contributed by atoms with van der Waals surface area (Å²) in [7, 11) is -1.92. The van der Waals surface area contributed by atoms with E-state index < -0.39 is 15.8 Å². The molecule has 0 atom stereocenters. The normalized spacial score (nSPS) is 16.3. The number of aliphatic imine (C=N–C) groups is 1. The summed E-state index contributed by atoms with van der Waals surface area (Å²) in [6, 6.07) is 4.28. The fourth-order valence-electron chi connectivity index (χ4n) is 3.28. The number of hydrogen-bond donors (Lipinski definition) is 3. The van der Waals surface area contributed by atoms with Crippen LogP contribution in [-0.4, -0.2) is 64.8 Å². The van der Waals surface area contributed by atoms with Crippen molar-refractivity contribution in [2.75, 3.05) is 50.2 Å². The van der Waals surface area contributed by atoms with Crippen LogP contribution in [-0.2, 0) is 10.0 Å². The van der Waals surface area contributed by atoms with Gasteiger partial charge < -0.3 is 15.5 Å². The molecule has 0 aromatic heterocycles. The standard InChI is InChI=1S/C20H34FN5O2S/c1-17-8-9-18(16-19(17)21)25-29(27,28)15-11-24-20(22-2)23-10-7-14-26-12-5-3-4-6-13-26/h8-9,16,25H,3-7,10-15H2,1-2H3,(H2,22,23,24). The van der Waals surface area contributed by atoms with Crippen LogP contribution in [0.15, 0.2) is 23.2 Å². The van der Waals surface area contributed by atoms with E-state index in [1.54, 1.807) is 26.1 Å². The number of halogens is 1. The van der Waals surface area contributed by atoms with Gasteiger partial charge in [-0.25, -0.2) is 12.8 Å². The Hall–Kier alpha value is -1.87. The largest absolute Gasteiger partial charge is 0.356 e. The van der Waals surface area contributed by atoms with Crippen molar-refractivity contribution in [3.05, 3.63) is 29.6 Å². The average Bonchev–Trinajstić information content (AvgIpc) is 2.95. The van der Waals surface area contributed by atoms with Crippen LogP contribution in [0.3, 0.4) is 0 Å². The average molecular weight is 428 g/mol. The predicted octanol–water partition coefficient (Wildman–Crippen LogP) is 2.31. The highest BCUT2D eigenvalue weighted by atomic mass is 32.2. The molecule has 1 aromatic rings. The number of rotatable bonds is 9. The number of nitrogens with one attached hydrogen (secondary N) is 3. The molecule has 1 aromatic carbocycles. The van der Waals surface area contributed by atoms with Crippen LogP contribution in [0.1, 0.15) is 37.7 Å². The van der Waals surface area contributed by atoms with Crippen molar-refractivity contribution in [1.82, 2.24) is 15.5 Å². The molecule has 164 valence electrons. The van der Waals surface area contributed by atoms with Gasteiger partial charge in [0, 0.05) is 20.1 Å². The Labute approximate surface area is 174 Å². The first-order chi connectivity index (χ1) is 13.9. The second-order valence-electron chi connectivity index (χ2n) is 7.42. The lowest BCUT2D eigenvalue weighted by Gasteiger charge is -2.20. The van der Waals surface area contributed by atoms with E-state index in [1.807, 2.05) is 0 Å². The topological polar surface area (TPSA) is 85.8 Å². The van der Waals surface area contributed by atoms with Crippen molar-refractivity contribution in [2.24, 2.45) is 4.99 Å². The molecule has 0 spiro atoms. The van der Waals surface area contributed by atoms with Gasteiger partial charge in [-0.05, 0) is 63.5 Å². The molecule has 29 heavy (non-hydrogen) atoms. The van der Waals surface area contributed by atoms with Gasteiger partial charge in [0.1, 0.15) is 5.82 Å². The van der Waals surface area contributed by atoms with Gasteiger partial charge in [0.25, 0.3) is 0 Å². The first-order valence-electron chi connectivity index (χ1n) is 10.3. The Morgan fingerprint density at radius 2 is 1.83 bits per heavy atom. The van der Waals surface area contributed by atoms with Crippen LogP contribution in [0.25, 0.3) is 0 Å². The number of benzene rings is 1. The Balaban J connectivity index is 1.66. The first-order valence-corrected chi connectivity index (χ1v) is 12.0. The highest BCUT2D eigenvalue weighted by Crippen LogP contribution is 2.15. The highest BCUT2D eigenvalue weighted by molar-refractivity contribution is 7.92. The van der Waals surface area contributed by atoms with Crippen molar-refractivity contribution in [1.29, 1.82) is 0 Å². The molecule has 0 radical (unpaired) electrons. The molecule has 9 heteroatoms. The van der Waals surface area contributed by atoms with E-state index in [-0.39, 0.29) is 18.0 Å². The molecule has 0 amide bonds. The SMILES string of the molecule is CN=C(NCCCN1CCCCCC1)NCCS(=O)(=O)Nc1ccc(C)c(F)c1. The summed E-state index contributed by atoms with van der Waals surface area (Å²) in [4.78, 5) is 6.64. The molecule has 1 aliphatic heterocycles. The molecular weight excluding hydrogens is 393 g/mol. The molecule has 2 rings (SSSR count). The van der Waals surface area contributed by atoms with E-state index >= 15 is 0 Å². The van der Waals surface area contributed by atoms with Gasteiger partial charge in [-0.3, -0.25) is 9.71 Å². The maximum atomic E-state index is 13.6. The van der Waals surface area contributed by atoms with E-state index in [2.05, 4.69) is 25.2 Å². The van der Waals surface area contributed by atoms with Gasteiger partial charge in [0.15, 0.2) is 5.96 Å². The molecular formula is C20H34FN5O2S. The fourth-order valence-corrected chi connectivity index (χ4v) is 4.24. The molecule has 1 aliphatic rings. The second-order valence-corrected chi connectivity index (χ2v) is 9.26. The summed E-state index contributed by atoms with van der Waals surface area (Å²) in [6.45, 7) is 6.05. The third-order valence-corrected chi connectivity index (χ3v) is 6.26. The molecule has 1 fully saturated rings. The van der Waals surface area contributed by atoms with Crippen LogP contribution < -0.4 is 15.4 Å². The zero-order valence-corrected chi connectivity index (χ0v) is 18.3. The maximum absolute atomic E-state index is 13.6. The summed E-state index contributed by atoms with van der Waals surface area (Å²) in [5.74, 6) is 0.00214. The van der Waals surface area contributed by atoms with Gasteiger partial charge in [-0.2, -0.15) is 0 Å². The van der Waals surface area contributed by atoms with Crippen LogP contribution in [0.2, 0.25) is 0 Å². The number of sulfonamides is 1. The third-order valence-electron chi connectivity index (χ3n) is 4.97. The monoisotopic (exact) mass is 427 g/mol.